The number of amides is 1. The summed E-state index contributed by atoms with van der Waals surface area (Å²) in [5, 5.41) is 23.4. The van der Waals surface area contributed by atoms with Crippen molar-refractivity contribution in [2.75, 3.05) is 13.2 Å². The van der Waals surface area contributed by atoms with E-state index in [-0.39, 0.29) is 18.5 Å². The molecule has 0 fully saturated rings. The minimum Gasteiger partial charge on any atom is -0.466 e. The number of rotatable bonds is 59. The lowest BCUT2D eigenvalue weighted by atomic mass is 10.0. The summed E-state index contributed by atoms with van der Waals surface area (Å²) >= 11 is 0. The summed E-state index contributed by atoms with van der Waals surface area (Å²) in [5.74, 6) is -0.0487. The van der Waals surface area contributed by atoms with Crippen LogP contribution in [0.1, 0.15) is 354 Å². The van der Waals surface area contributed by atoms with Gasteiger partial charge in [0.15, 0.2) is 0 Å². The minimum atomic E-state index is -0.675. The Balaban J connectivity index is 3.45. The molecule has 0 aliphatic rings. The molecule has 0 saturated carbocycles. The molecule has 6 nitrogen and oxygen atoms in total. The first-order valence-electron chi connectivity index (χ1n) is 31.4. The van der Waals surface area contributed by atoms with Crippen molar-refractivity contribution >= 4 is 11.9 Å². The van der Waals surface area contributed by atoms with Gasteiger partial charge in [-0.3, -0.25) is 9.59 Å². The molecule has 410 valence electrons. The Bertz CT molecular complexity index is 1030. The van der Waals surface area contributed by atoms with Crippen molar-refractivity contribution in [2.45, 2.75) is 366 Å². The topological polar surface area (TPSA) is 95.9 Å². The van der Waals surface area contributed by atoms with Gasteiger partial charge in [-0.2, -0.15) is 0 Å². The zero-order valence-corrected chi connectivity index (χ0v) is 46.8. The average molecular weight is 975 g/mol. The van der Waals surface area contributed by atoms with Crippen molar-refractivity contribution in [3.8, 4) is 0 Å². The van der Waals surface area contributed by atoms with E-state index in [1.165, 1.54) is 257 Å². The molecule has 3 N–H and O–H groups in total. The van der Waals surface area contributed by atoms with Crippen molar-refractivity contribution < 1.29 is 24.5 Å². The maximum absolute atomic E-state index is 12.5. The highest BCUT2D eigenvalue weighted by Crippen LogP contribution is 2.18. The van der Waals surface area contributed by atoms with Gasteiger partial charge in [0.25, 0.3) is 0 Å². The van der Waals surface area contributed by atoms with Crippen LogP contribution in [-0.4, -0.2) is 47.4 Å². The third kappa shape index (κ3) is 55.8. The fourth-order valence-corrected chi connectivity index (χ4v) is 9.99. The van der Waals surface area contributed by atoms with Crippen LogP contribution in [0.5, 0.6) is 0 Å². The van der Waals surface area contributed by atoms with Gasteiger partial charge in [0.05, 0.1) is 25.4 Å². The molecule has 6 heteroatoms. The van der Waals surface area contributed by atoms with Gasteiger partial charge in [0.1, 0.15) is 0 Å². The minimum absolute atomic E-state index is 0.00103. The van der Waals surface area contributed by atoms with Crippen molar-refractivity contribution in [1.29, 1.82) is 0 Å². The number of carbonyl (C=O) groups is 2. The van der Waals surface area contributed by atoms with Gasteiger partial charge in [0.2, 0.25) is 5.91 Å². The molecule has 0 radical (unpaired) electrons. The number of carbonyl (C=O) groups excluding carboxylic acids is 2. The van der Waals surface area contributed by atoms with Crippen molar-refractivity contribution in [3.63, 3.8) is 0 Å². The number of ether oxygens (including phenoxy) is 1. The molecule has 0 rings (SSSR count). The van der Waals surface area contributed by atoms with E-state index in [1.807, 2.05) is 0 Å². The summed E-state index contributed by atoms with van der Waals surface area (Å²) < 4.78 is 5.46. The summed E-state index contributed by atoms with van der Waals surface area (Å²) in [6.07, 6.45) is 70.8. The van der Waals surface area contributed by atoms with E-state index in [9.17, 15) is 19.8 Å². The SMILES string of the molecule is CCCCCCCCCCCCCCCCCCCCCCCCCCC(O)C(CO)NC(=O)CCCCCCC/C=C\CCCCCCCCCOC(=O)CCCCCCCCCCCCCC. The number of hydrogen-bond donors (Lipinski definition) is 3. The average Bonchev–Trinajstić information content (AvgIpc) is 3.35. The normalized spacial score (nSPS) is 12.6. The molecule has 0 aromatic carbocycles. The van der Waals surface area contributed by atoms with Gasteiger partial charge in [-0.1, -0.05) is 302 Å². The van der Waals surface area contributed by atoms with Gasteiger partial charge in [-0.05, 0) is 51.4 Å². The Hall–Kier alpha value is -1.40. The maximum atomic E-state index is 12.5. The molecule has 0 aromatic heterocycles. The molecular weight excluding hydrogens is 851 g/mol. The number of esters is 1. The van der Waals surface area contributed by atoms with Crippen LogP contribution in [-0.2, 0) is 14.3 Å². The predicted octanol–water partition coefficient (Wildman–Crippen LogP) is 19.6. The van der Waals surface area contributed by atoms with Crippen molar-refractivity contribution in [3.05, 3.63) is 12.2 Å². The molecule has 2 atom stereocenters. The quantitative estimate of drug-likeness (QED) is 0.0321. The number of allylic oxidation sites excluding steroid dienone is 2. The Morgan fingerprint density at radius 1 is 0.391 bits per heavy atom. The highest BCUT2D eigenvalue weighted by molar-refractivity contribution is 5.76. The molecule has 0 heterocycles. The first-order valence-corrected chi connectivity index (χ1v) is 31.4. The predicted molar refractivity (Wildman–Crippen MR) is 301 cm³/mol. The number of hydrogen-bond acceptors (Lipinski definition) is 5. The van der Waals surface area contributed by atoms with E-state index >= 15 is 0 Å². The van der Waals surface area contributed by atoms with Crippen LogP contribution < -0.4 is 5.32 Å². The van der Waals surface area contributed by atoms with E-state index in [2.05, 4.69) is 31.3 Å². The van der Waals surface area contributed by atoms with Crippen LogP contribution in [0.2, 0.25) is 0 Å². The van der Waals surface area contributed by atoms with Crippen molar-refractivity contribution in [2.24, 2.45) is 0 Å². The standard InChI is InChI=1S/C63H123NO5/c1-3-5-7-9-11-13-15-17-18-19-20-21-22-23-24-25-26-29-32-35-39-43-47-51-55-61(66)60(59-65)64-62(67)56-52-48-44-40-36-33-30-27-28-31-34-38-42-46-50-54-58-69-63(68)57-53-49-45-41-37-16-14-12-10-8-6-4-2/h27,30,60-61,65-66H,3-26,28-29,31-59H2,1-2H3,(H,64,67)/b30-27-. The fourth-order valence-electron chi connectivity index (χ4n) is 9.99. The molecular formula is C63H123NO5. The summed E-state index contributed by atoms with van der Waals surface area (Å²) in [7, 11) is 0. The third-order valence-corrected chi connectivity index (χ3v) is 14.8. The summed E-state index contributed by atoms with van der Waals surface area (Å²) in [6, 6.07) is -0.554. The zero-order valence-electron chi connectivity index (χ0n) is 46.8. The molecule has 0 aliphatic carbocycles. The van der Waals surface area contributed by atoms with E-state index in [0.717, 1.165) is 64.2 Å². The lowest BCUT2D eigenvalue weighted by Crippen LogP contribution is -2.45. The highest BCUT2D eigenvalue weighted by Gasteiger charge is 2.20. The number of unbranched alkanes of at least 4 members (excludes halogenated alkanes) is 46. The molecule has 0 aromatic rings. The monoisotopic (exact) mass is 974 g/mol. The first kappa shape index (κ1) is 67.6. The Labute approximate surface area is 431 Å². The van der Waals surface area contributed by atoms with Crippen LogP contribution in [0.4, 0.5) is 0 Å². The fraction of sp³-hybridized carbons (Fsp3) is 0.937. The first-order chi connectivity index (χ1) is 34.0. The Morgan fingerprint density at radius 3 is 1.03 bits per heavy atom. The van der Waals surface area contributed by atoms with Gasteiger partial charge < -0.3 is 20.3 Å². The third-order valence-electron chi connectivity index (χ3n) is 14.8. The highest BCUT2D eigenvalue weighted by atomic mass is 16.5. The second kappa shape index (κ2) is 59.2. The maximum Gasteiger partial charge on any atom is 0.305 e. The molecule has 0 saturated heterocycles. The van der Waals surface area contributed by atoms with Gasteiger partial charge >= 0.3 is 5.97 Å². The molecule has 0 aliphatic heterocycles. The summed E-state index contributed by atoms with van der Waals surface area (Å²) in [4.78, 5) is 24.5. The second-order valence-electron chi connectivity index (χ2n) is 21.7. The van der Waals surface area contributed by atoms with Crippen LogP contribution in [0, 0.1) is 0 Å². The molecule has 69 heavy (non-hydrogen) atoms. The smallest absolute Gasteiger partial charge is 0.305 e. The lowest BCUT2D eigenvalue weighted by molar-refractivity contribution is -0.143. The molecule has 0 bridgehead atoms. The largest absolute Gasteiger partial charge is 0.466 e. The van der Waals surface area contributed by atoms with Gasteiger partial charge in [-0.15, -0.1) is 0 Å². The Morgan fingerprint density at radius 2 is 0.681 bits per heavy atom. The second-order valence-corrected chi connectivity index (χ2v) is 21.7. The van der Waals surface area contributed by atoms with E-state index in [0.29, 0.717) is 25.9 Å². The van der Waals surface area contributed by atoms with Crippen LogP contribution in [0.15, 0.2) is 12.2 Å². The summed E-state index contributed by atoms with van der Waals surface area (Å²) in [6.45, 7) is 4.96. The van der Waals surface area contributed by atoms with Crippen LogP contribution in [0.25, 0.3) is 0 Å². The van der Waals surface area contributed by atoms with Crippen LogP contribution in [0.3, 0.4) is 0 Å². The molecule has 2 unspecified atom stereocenters. The molecule has 0 spiro atoms. The van der Waals surface area contributed by atoms with Gasteiger partial charge in [0, 0.05) is 12.8 Å². The van der Waals surface area contributed by atoms with E-state index in [4.69, 9.17) is 4.74 Å². The lowest BCUT2D eigenvalue weighted by Gasteiger charge is -2.22. The summed E-state index contributed by atoms with van der Waals surface area (Å²) in [5.41, 5.74) is 0. The number of nitrogens with one attached hydrogen (secondary N) is 1. The van der Waals surface area contributed by atoms with Gasteiger partial charge in [-0.25, -0.2) is 0 Å². The van der Waals surface area contributed by atoms with Crippen molar-refractivity contribution in [1.82, 2.24) is 5.32 Å². The number of aliphatic hydroxyl groups excluding tert-OH is 2. The van der Waals surface area contributed by atoms with Crippen LogP contribution >= 0.6 is 0 Å². The number of aliphatic hydroxyl groups is 2. The zero-order chi connectivity index (χ0) is 50.0. The van der Waals surface area contributed by atoms with E-state index in [1.54, 1.807) is 0 Å². The molecule has 1 amide bonds. The van der Waals surface area contributed by atoms with E-state index < -0.39 is 12.1 Å². The Kier molecular flexibility index (Phi) is 58.0.